The van der Waals surface area contributed by atoms with Crippen LogP contribution in [0.1, 0.15) is 24.8 Å². The second-order valence-electron chi connectivity index (χ2n) is 4.58. The Balaban J connectivity index is 2.05. The third-order valence-electron chi connectivity index (χ3n) is 2.77. The molecule has 0 saturated heterocycles. The van der Waals surface area contributed by atoms with Crippen molar-refractivity contribution in [2.75, 3.05) is 0 Å². The molecule has 0 aliphatic rings. The minimum Gasteiger partial charge on any atom is -0.217 e. The summed E-state index contributed by atoms with van der Waals surface area (Å²) in [6.07, 6.45) is 1.91. The van der Waals surface area contributed by atoms with E-state index in [2.05, 4.69) is 23.9 Å². The third kappa shape index (κ3) is 2.36. The van der Waals surface area contributed by atoms with Gasteiger partial charge in [0.2, 0.25) is 4.96 Å². The topological polar surface area (TPSA) is 30.2 Å². The molecular formula is C13H11Cl2N3S. The fourth-order valence-electron chi connectivity index (χ4n) is 1.74. The van der Waals surface area contributed by atoms with Crippen molar-refractivity contribution in [1.29, 1.82) is 0 Å². The van der Waals surface area contributed by atoms with Gasteiger partial charge in [-0.2, -0.15) is 5.10 Å². The highest BCUT2D eigenvalue weighted by Crippen LogP contribution is 2.29. The van der Waals surface area contributed by atoms with E-state index in [1.54, 1.807) is 17.4 Å². The largest absolute Gasteiger partial charge is 0.217 e. The Kier molecular flexibility index (Phi) is 3.25. The van der Waals surface area contributed by atoms with Crippen molar-refractivity contribution in [3.8, 4) is 11.3 Å². The second-order valence-corrected chi connectivity index (χ2v) is 6.38. The number of halogens is 2. The molecule has 3 rings (SSSR count). The van der Waals surface area contributed by atoms with Crippen LogP contribution in [0.15, 0.2) is 24.4 Å². The van der Waals surface area contributed by atoms with Crippen molar-refractivity contribution in [2.24, 2.45) is 0 Å². The van der Waals surface area contributed by atoms with Crippen LogP contribution in [-0.4, -0.2) is 14.6 Å². The molecular weight excluding hydrogens is 301 g/mol. The number of hydrogen-bond donors (Lipinski definition) is 0. The molecule has 0 amide bonds. The van der Waals surface area contributed by atoms with E-state index in [4.69, 9.17) is 23.2 Å². The van der Waals surface area contributed by atoms with Gasteiger partial charge in [0.15, 0.2) is 0 Å². The lowest BCUT2D eigenvalue weighted by Gasteiger charge is -1.99. The Morgan fingerprint density at radius 1 is 1.21 bits per heavy atom. The molecule has 2 aromatic heterocycles. The van der Waals surface area contributed by atoms with E-state index in [0.29, 0.717) is 16.0 Å². The van der Waals surface area contributed by atoms with Gasteiger partial charge in [-0.05, 0) is 12.1 Å². The number of hydrogen-bond acceptors (Lipinski definition) is 3. The summed E-state index contributed by atoms with van der Waals surface area (Å²) >= 11 is 13.5. The molecule has 2 heterocycles. The fourth-order valence-corrected chi connectivity index (χ4v) is 2.92. The maximum atomic E-state index is 6.02. The van der Waals surface area contributed by atoms with Gasteiger partial charge >= 0.3 is 0 Å². The van der Waals surface area contributed by atoms with Crippen molar-refractivity contribution in [3.05, 3.63) is 39.4 Å². The standard InChI is InChI=1S/C13H11Cl2N3S/c1-7(2)12-17-18-6-11(16-13(18)19-12)8-3-4-9(14)10(15)5-8/h3-7H,1-2H3. The second kappa shape index (κ2) is 4.78. The first-order chi connectivity index (χ1) is 9.04. The molecule has 0 N–H and O–H groups in total. The molecule has 3 nitrogen and oxygen atoms in total. The van der Waals surface area contributed by atoms with E-state index in [9.17, 15) is 0 Å². The summed E-state index contributed by atoms with van der Waals surface area (Å²) in [4.78, 5) is 5.47. The average Bonchev–Trinajstić information content (AvgIpc) is 2.90. The van der Waals surface area contributed by atoms with Crippen LogP contribution >= 0.6 is 34.5 Å². The summed E-state index contributed by atoms with van der Waals surface area (Å²) in [5.41, 5.74) is 1.80. The molecule has 0 aliphatic heterocycles. The minimum atomic E-state index is 0.417. The van der Waals surface area contributed by atoms with Gasteiger partial charge in [0.1, 0.15) is 5.01 Å². The lowest BCUT2D eigenvalue weighted by molar-refractivity contribution is 0.802. The lowest BCUT2D eigenvalue weighted by atomic mass is 10.2. The number of fused-ring (bicyclic) bond motifs is 1. The molecule has 0 aliphatic carbocycles. The van der Waals surface area contributed by atoms with E-state index in [1.807, 2.05) is 22.8 Å². The third-order valence-corrected chi connectivity index (χ3v) is 4.73. The van der Waals surface area contributed by atoms with Crippen molar-refractivity contribution < 1.29 is 0 Å². The maximum absolute atomic E-state index is 6.02. The van der Waals surface area contributed by atoms with Crippen molar-refractivity contribution >= 4 is 39.5 Å². The monoisotopic (exact) mass is 311 g/mol. The molecule has 0 unspecified atom stereocenters. The molecule has 0 bridgehead atoms. The highest BCUT2D eigenvalue weighted by Gasteiger charge is 2.12. The van der Waals surface area contributed by atoms with Crippen LogP contribution in [0, 0.1) is 0 Å². The van der Waals surface area contributed by atoms with Crippen LogP contribution in [0.3, 0.4) is 0 Å². The zero-order valence-corrected chi connectivity index (χ0v) is 12.7. The first-order valence-electron chi connectivity index (χ1n) is 5.86. The Morgan fingerprint density at radius 3 is 2.63 bits per heavy atom. The summed E-state index contributed by atoms with van der Waals surface area (Å²) in [5.74, 6) is 0.417. The molecule has 0 atom stereocenters. The van der Waals surface area contributed by atoms with Crippen LogP contribution in [0.2, 0.25) is 10.0 Å². The number of imidazole rings is 1. The summed E-state index contributed by atoms with van der Waals surface area (Å²) < 4.78 is 1.82. The molecule has 3 aromatic rings. The van der Waals surface area contributed by atoms with Crippen LogP contribution in [0.25, 0.3) is 16.2 Å². The van der Waals surface area contributed by atoms with Crippen LogP contribution in [-0.2, 0) is 0 Å². The van der Waals surface area contributed by atoms with Gasteiger partial charge in [-0.3, -0.25) is 0 Å². The molecule has 0 radical (unpaired) electrons. The minimum absolute atomic E-state index is 0.417. The zero-order valence-electron chi connectivity index (χ0n) is 10.4. The first kappa shape index (κ1) is 12.9. The lowest BCUT2D eigenvalue weighted by Crippen LogP contribution is -1.88. The van der Waals surface area contributed by atoms with E-state index in [-0.39, 0.29) is 0 Å². The molecule has 19 heavy (non-hydrogen) atoms. The number of aromatic nitrogens is 3. The quantitative estimate of drug-likeness (QED) is 0.674. The Morgan fingerprint density at radius 2 is 2.00 bits per heavy atom. The van der Waals surface area contributed by atoms with Crippen LogP contribution < -0.4 is 0 Å². The van der Waals surface area contributed by atoms with Crippen LogP contribution in [0.4, 0.5) is 0 Å². The Hall–Kier alpha value is -1.10. The van der Waals surface area contributed by atoms with Gasteiger partial charge in [0.05, 0.1) is 21.9 Å². The molecule has 1 aromatic carbocycles. The Labute approximate surface area is 124 Å². The highest BCUT2D eigenvalue weighted by atomic mass is 35.5. The van der Waals surface area contributed by atoms with Crippen molar-refractivity contribution in [3.63, 3.8) is 0 Å². The van der Waals surface area contributed by atoms with Gasteiger partial charge in [-0.15, -0.1) is 0 Å². The van der Waals surface area contributed by atoms with Crippen molar-refractivity contribution in [2.45, 2.75) is 19.8 Å². The van der Waals surface area contributed by atoms with Crippen LogP contribution in [0.5, 0.6) is 0 Å². The van der Waals surface area contributed by atoms with Gasteiger partial charge < -0.3 is 0 Å². The maximum Gasteiger partial charge on any atom is 0.212 e. The number of rotatable bonds is 2. The average molecular weight is 312 g/mol. The summed E-state index contributed by atoms with van der Waals surface area (Å²) in [5, 5.41) is 6.68. The van der Waals surface area contributed by atoms with E-state index in [1.165, 1.54) is 0 Å². The zero-order chi connectivity index (χ0) is 13.6. The van der Waals surface area contributed by atoms with E-state index < -0.39 is 0 Å². The smallest absolute Gasteiger partial charge is 0.212 e. The number of nitrogens with zero attached hydrogens (tertiary/aromatic N) is 3. The number of benzene rings is 1. The van der Waals surface area contributed by atoms with Gasteiger partial charge in [-0.25, -0.2) is 9.50 Å². The molecule has 0 fully saturated rings. The normalized spacial score (nSPS) is 11.6. The molecule has 0 spiro atoms. The molecule has 98 valence electrons. The summed E-state index contributed by atoms with van der Waals surface area (Å²) in [6.45, 7) is 4.25. The highest BCUT2D eigenvalue weighted by molar-refractivity contribution is 7.16. The van der Waals surface area contributed by atoms with Gasteiger partial charge in [-0.1, -0.05) is 54.5 Å². The molecule has 6 heteroatoms. The fraction of sp³-hybridized carbons (Fsp3) is 0.231. The van der Waals surface area contributed by atoms with Gasteiger partial charge in [0.25, 0.3) is 0 Å². The Bertz CT molecular complexity index is 714. The summed E-state index contributed by atoms with van der Waals surface area (Å²) in [7, 11) is 0. The summed E-state index contributed by atoms with van der Waals surface area (Å²) in [6, 6.07) is 5.50. The van der Waals surface area contributed by atoms with E-state index in [0.717, 1.165) is 21.2 Å². The predicted octanol–water partition coefficient (Wildman–Crippen LogP) is 4.89. The predicted molar refractivity (Wildman–Crippen MR) is 80.4 cm³/mol. The first-order valence-corrected chi connectivity index (χ1v) is 7.43. The van der Waals surface area contributed by atoms with Gasteiger partial charge in [0, 0.05) is 11.5 Å². The van der Waals surface area contributed by atoms with E-state index >= 15 is 0 Å². The molecule has 0 saturated carbocycles. The van der Waals surface area contributed by atoms with Crippen molar-refractivity contribution in [1.82, 2.24) is 14.6 Å². The SMILES string of the molecule is CC(C)c1nn2cc(-c3ccc(Cl)c(Cl)c3)nc2s1.